The highest BCUT2D eigenvalue weighted by Crippen LogP contribution is 2.24. The topological polar surface area (TPSA) is 29.9 Å². The molecule has 1 unspecified atom stereocenters. The van der Waals surface area contributed by atoms with E-state index in [1.807, 2.05) is 36.0 Å². The standard InChI is InChI=1S/C15H20ClN3/c1-4-8-17-12(3)13-5-6-15(14(16)10-13)19-9-7-11(2)18-19/h5-7,9-10,12,17H,4,8H2,1-3H3. The molecule has 0 aliphatic heterocycles. The summed E-state index contributed by atoms with van der Waals surface area (Å²) in [5.41, 5.74) is 3.10. The number of benzene rings is 1. The molecule has 0 bridgehead atoms. The monoisotopic (exact) mass is 277 g/mol. The van der Waals surface area contributed by atoms with Crippen molar-refractivity contribution < 1.29 is 0 Å². The van der Waals surface area contributed by atoms with Crippen LogP contribution < -0.4 is 5.32 Å². The molecule has 2 aromatic rings. The van der Waals surface area contributed by atoms with Crippen molar-refractivity contribution in [2.45, 2.75) is 33.2 Å². The van der Waals surface area contributed by atoms with E-state index < -0.39 is 0 Å². The summed E-state index contributed by atoms with van der Waals surface area (Å²) in [5.74, 6) is 0. The molecule has 0 saturated carbocycles. The Morgan fingerprint density at radius 1 is 1.37 bits per heavy atom. The van der Waals surface area contributed by atoms with Gasteiger partial charge in [-0.15, -0.1) is 0 Å². The van der Waals surface area contributed by atoms with Crippen molar-refractivity contribution >= 4 is 11.6 Å². The van der Waals surface area contributed by atoms with Crippen molar-refractivity contribution in [3.63, 3.8) is 0 Å². The van der Waals surface area contributed by atoms with Crippen molar-refractivity contribution in [2.24, 2.45) is 0 Å². The zero-order valence-electron chi connectivity index (χ0n) is 11.7. The van der Waals surface area contributed by atoms with Gasteiger partial charge >= 0.3 is 0 Å². The van der Waals surface area contributed by atoms with E-state index in [4.69, 9.17) is 11.6 Å². The summed E-state index contributed by atoms with van der Waals surface area (Å²) in [6.07, 6.45) is 3.05. The molecule has 1 aromatic heterocycles. The number of nitrogens with zero attached hydrogens (tertiary/aromatic N) is 2. The van der Waals surface area contributed by atoms with Crippen LogP contribution in [0.5, 0.6) is 0 Å². The van der Waals surface area contributed by atoms with Crippen molar-refractivity contribution in [3.8, 4) is 5.69 Å². The summed E-state index contributed by atoms with van der Waals surface area (Å²) in [4.78, 5) is 0. The molecule has 2 rings (SSSR count). The number of aryl methyl sites for hydroxylation is 1. The fraction of sp³-hybridized carbons (Fsp3) is 0.400. The normalized spacial score (nSPS) is 12.6. The number of rotatable bonds is 5. The Labute approximate surface area is 119 Å². The van der Waals surface area contributed by atoms with Crippen LogP contribution in [0.3, 0.4) is 0 Å². The van der Waals surface area contributed by atoms with Crippen molar-refractivity contribution in [2.75, 3.05) is 6.54 Å². The SMILES string of the molecule is CCCNC(C)c1ccc(-n2ccc(C)n2)c(Cl)c1. The summed E-state index contributed by atoms with van der Waals surface area (Å²) in [7, 11) is 0. The Bertz CT molecular complexity index is 548. The van der Waals surface area contributed by atoms with E-state index in [2.05, 4.69) is 30.3 Å². The van der Waals surface area contributed by atoms with Crippen LogP contribution in [0, 0.1) is 6.92 Å². The van der Waals surface area contributed by atoms with Gasteiger partial charge in [-0.2, -0.15) is 5.10 Å². The van der Waals surface area contributed by atoms with Gasteiger partial charge in [0.05, 0.1) is 16.4 Å². The van der Waals surface area contributed by atoms with E-state index in [0.29, 0.717) is 6.04 Å². The molecule has 0 saturated heterocycles. The van der Waals surface area contributed by atoms with E-state index in [9.17, 15) is 0 Å². The minimum absolute atomic E-state index is 0.311. The van der Waals surface area contributed by atoms with Crippen LogP contribution in [0.25, 0.3) is 5.69 Å². The van der Waals surface area contributed by atoms with Crippen molar-refractivity contribution in [1.29, 1.82) is 0 Å². The third-order valence-electron chi connectivity index (χ3n) is 3.14. The lowest BCUT2D eigenvalue weighted by Gasteiger charge is -2.15. The maximum Gasteiger partial charge on any atom is 0.0832 e. The average molecular weight is 278 g/mol. The van der Waals surface area contributed by atoms with Crippen LogP contribution >= 0.6 is 11.6 Å². The predicted molar refractivity (Wildman–Crippen MR) is 80.0 cm³/mol. The van der Waals surface area contributed by atoms with Crippen molar-refractivity contribution in [3.05, 3.63) is 46.7 Å². The molecule has 1 atom stereocenters. The van der Waals surface area contributed by atoms with Gasteiger partial charge in [-0.1, -0.05) is 24.6 Å². The first-order chi connectivity index (χ1) is 9.11. The lowest BCUT2D eigenvalue weighted by molar-refractivity contribution is 0.570. The molecule has 1 N–H and O–H groups in total. The van der Waals surface area contributed by atoms with Gasteiger partial charge in [0.2, 0.25) is 0 Å². The summed E-state index contributed by atoms with van der Waals surface area (Å²) in [5, 5.41) is 8.57. The molecule has 1 heterocycles. The smallest absolute Gasteiger partial charge is 0.0832 e. The highest BCUT2D eigenvalue weighted by molar-refractivity contribution is 6.32. The highest BCUT2D eigenvalue weighted by atomic mass is 35.5. The Morgan fingerprint density at radius 3 is 2.74 bits per heavy atom. The number of halogens is 1. The predicted octanol–water partition coefficient (Wildman–Crippen LogP) is 3.89. The van der Waals surface area contributed by atoms with Gasteiger partial charge in [-0.3, -0.25) is 0 Å². The van der Waals surface area contributed by atoms with Gasteiger partial charge in [-0.25, -0.2) is 4.68 Å². The molecule has 0 amide bonds. The molecule has 102 valence electrons. The molecule has 0 aliphatic rings. The van der Waals surface area contributed by atoms with Crippen molar-refractivity contribution in [1.82, 2.24) is 15.1 Å². The van der Waals surface area contributed by atoms with E-state index in [0.717, 1.165) is 29.4 Å². The average Bonchev–Trinajstić information content (AvgIpc) is 2.82. The summed E-state index contributed by atoms with van der Waals surface area (Å²) in [6.45, 7) is 7.29. The van der Waals surface area contributed by atoms with Gasteiger partial charge < -0.3 is 5.32 Å². The first-order valence-corrected chi connectivity index (χ1v) is 7.05. The fourth-order valence-corrected chi connectivity index (χ4v) is 2.28. The lowest BCUT2D eigenvalue weighted by atomic mass is 10.1. The maximum atomic E-state index is 6.36. The molecule has 1 aromatic carbocycles. The second-order valence-corrected chi connectivity index (χ2v) is 5.20. The number of nitrogens with one attached hydrogen (secondary N) is 1. The lowest BCUT2D eigenvalue weighted by Crippen LogP contribution is -2.19. The van der Waals surface area contributed by atoms with E-state index in [1.54, 1.807) is 0 Å². The number of hydrogen-bond donors (Lipinski definition) is 1. The zero-order valence-corrected chi connectivity index (χ0v) is 12.4. The first-order valence-electron chi connectivity index (χ1n) is 6.67. The Balaban J connectivity index is 2.22. The Morgan fingerprint density at radius 2 is 2.16 bits per heavy atom. The minimum atomic E-state index is 0.311. The largest absolute Gasteiger partial charge is 0.310 e. The number of aromatic nitrogens is 2. The molecule has 0 spiro atoms. The van der Waals surface area contributed by atoms with Gasteiger partial charge in [0.15, 0.2) is 0 Å². The Hall–Kier alpha value is -1.32. The second kappa shape index (κ2) is 6.22. The molecule has 0 radical (unpaired) electrons. The first kappa shape index (κ1) is 14.1. The van der Waals surface area contributed by atoms with Gasteiger partial charge in [-0.05, 0) is 50.6 Å². The summed E-state index contributed by atoms with van der Waals surface area (Å²) >= 11 is 6.36. The zero-order chi connectivity index (χ0) is 13.8. The molecule has 0 fully saturated rings. The van der Waals surface area contributed by atoms with Gasteiger partial charge in [0.25, 0.3) is 0 Å². The summed E-state index contributed by atoms with van der Waals surface area (Å²) < 4.78 is 1.81. The van der Waals surface area contributed by atoms with Gasteiger partial charge in [0.1, 0.15) is 0 Å². The molecular formula is C15H20ClN3. The molecule has 3 nitrogen and oxygen atoms in total. The van der Waals surface area contributed by atoms with E-state index in [1.165, 1.54) is 5.56 Å². The van der Waals surface area contributed by atoms with Crippen LogP contribution in [0.15, 0.2) is 30.5 Å². The quantitative estimate of drug-likeness (QED) is 0.898. The van der Waals surface area contributed by atoms with Crippen LogP contribution in [0.2, 0.25) is 5.02 Å². The van der Waals surface area contributed by atoms with E-state index in [-0.39, 0.29) is 0 Å². The molecule has 0 aliphatic carbocycles. The molecule has 4 heteroatoms. The van der Waals surface area contributed by atoms with Crippen LogP contribution in [0.4, 0.5) is 0 Å². The van der Waals surface area contributed by atoms with E-state index >= 15 is 0 Å². The fourth-order valence-electron chi connectivity index (χ4n) is 2.01. The van der Waals surface area contributed by atoms with Crippen LogP contribution in [-0.2, 0) is 0 Å². The second-order valence-electron chi connectivity index (χ2n) is 4.79. The summed E-state index contributed by atoms with van der Waals surface area (Å²) in [6, 6.07) is 8.42. The third kappa shape index (κ3) is 3.37. The molecule has 19 heavy (non-hydrogen) atoms. The highest BCUT2D eigenvalue weighted by Gasteiger charge is 2.09. The number of hydrogen-bond acceptors (Lipinski definition) is 2. The van der Waals surface area contributed by atoms with Crippen LogP contribution in [0.1, 0.15) is 37.6 Å². The Kier molecular flexibility index (Phi) is 4.61. The minimum Gasteiger partial charge on any atom is -0.310 e. The van der Waals surface area contributed by atoms with Gasteiger partial charge in [0, 0.05) is 12.2 Å². The third-order valence-corrected chi connectivity index (χ3v) is 3.44. The van der Waals surface area contributed by atoms with Crippen LogP contribution in [-0.4, -0.2) is 16.3 Å². The molecular weight excluding hydrogens is 258 g/mol. The maximum absolute atomic E-state index is 6.36.